The van der Waals surface area contributed by atoms with Crippen LogP contribution in [-0.4, -0.2) is 45.2 Å². The van der Waals surface area contributed by atoms with Crippen LogP contribution in [0.2, 0.25) is 0 Å². The molecule has 3 rings (SSSR count). The molecule has 0 bridgehead atoms. The lowest BCUT2D eigenvalue weighted by molar-refractivity contribution is 0.201. The van der Waals surface area contributed by atoms with Crippen molar-refractivity contribution in [1.82, 2.24) is 10.3 Å². The second kappa shape index (κ2) is 11.9. The van der Waals surface area contributed by atoms with E-state index in [1.165, 1.54) is 12.4 Å². The summed E-state index contributed by atoms with van der Waals surface area (Å²) in [5.41, 5.74) is 15.0. The van der Waals surface area contributed by atoms with Crippen LogP contribution in [0.4, 0.5) is 15.8 Å². The van der Waals surface area contributed by atoms with Crippen molar-refractivity contribution in [2.24, 2.45) is 10.7 Å². The van der Waals surface area contributed by atoms with Gasteiger partial charge in [0.15, 0.2) is 0 Å². The van der Waals surface area contributed by atoms with Crippen molar-refractivity contribution in [3.05, 3.63) is 65.4 Å². The highest BCUT2D eigenvalue weighted by Crippen LogP contribution is 2.35. The molecule has 5 N–H and O–H groups in total. The van der Waals surface area contributed by atoms with Crippen molar-refractivity contribution in [3.8, 4) is 0 Å². The first-order valence-corrected chi connectivity index (χ1v) is 9.81. The van der Waals surface area contributed by atoms with Gasteiger partial charge in [-0.3, -0.25) is 9.98 Å². The van der Waals surface area contributed by atoms with Gasteiger partial charge in [-0.15, -0.1) is 0 Å². The smallest absolute Gasteiger partial charge is 0.146 e. The molecular formula is C22H31FN6O. The SMILES string of the molecule is CNCCOC.Cc1cc(C(N=CN)C2=CN(c3ccncc3)CC2)cc(F)c1N. The quantitative estimate of drug-likeness (QED) is 0.279. The van der Waals surface area contributed by atoms with Gasteiger partial charge in [0.2, 0.25) is 0 Å². The van der Waals surface area contributed by atoms with Crippen LogP contribution < -0.4 is 21.7 Å². The molecule has 0 aliphatic carbocycles. The van der Waals surface area contributed by atoms with Gasteiger partial charge in [0.05, 0.1) is 24.7 Å². The van der Waals surface area contributed by atoms with Crippen LogP contribution in [0.5, 0.6) is 0 Å². The fraction of sp³-hybridized carbons (Fsp3) is 0.364. The molecule has 1 unspecified atom stereocenters. The van der Waals surface area contributed by atoms with Crippen LogP contribution in [-0.2, 0) is 4.74 Å². The van der Waals surface area contributed by atoms with E-state index in [2.05, 4.69) is 26.4 Å². The molecule has 0 saturated heterocycles. The molecule has 0 saturated carbocycles. The summed E-state index contributed by atoms with van der Waals surface area (Å²) < 4.78 is 18.7. The molecule has 2 aromatic rings. The lowest BCUT2D eigenvalue weighted by Gasteiger charge is -2.16. The van der Waals surface area contributed by atoms with E-state index in [0.29, 0.717) is 5.56 Å². The predicted octanol–water partition coefficient (Wildman–Crippen LogP) is 2.79. The van der Waals surface area contributed by atoms with Crippen LogP contribution in [0.1, 0.15) is 23.6 Å². The zero-order chi connectivity index (χ0) is 21.9. The molecule has 162 valence electrons. The number of hydrogen-bond donors (Lipinski definition) is 3. The van der Waals surface area contributed by atoms with E-state index in [1.54, 1.807) is 26.4 Å². The molecule has 1 aliphatic rings. The van der Waals surface area contributed by atoms with E-state index < -0.39 is 5.82 Å². The summed E-state index contributed by atoms with van der Waals surface area (Å²) in [5, 5.41) is 2.94. The highest BCUT2D eigenvalue weighted by atomic mass is 19.1. The average Bonchev–Trinajstić information content (AvgIpc) is 3.25. The van der Waals surface area contributed by atoms with Gasteiger partial charge in [-0.2, -0.15) is 0 Å². The number of aromatic nitrogens is 1. The first kappa shape index (κ1) is 23.3. The molecule has 1 aliphatic heterocycles. The van der Waals surface area contributed by atoms with Gasteiger partial charge in [-0.1, -0.05) is 6.07 Å². The normalized spacial score (nSPS) is 14.4. The van der Waals surface area contributed by atoms with Crippen LogP contribution in [0.15, 0.2) is 53.4 Å². The Hall–Kier alpha value is -2.97. The number of nitrogens with one attached hydrogen (secondary N) is 1. The highest BCUT2D eigenvalue weighted by molar-refractivity contribution is 5.57. The molecule has 8 heteroatoms. The van der Waals surface area contributed by atoms with E-state index in [0.717, 1.165) is 42.9 Å². The number of nitrogen functional groups attached to an aromatic ring is 1. The number of hydrogen-bond acceptors (Lipinski definition) is 6. The monoisotopic (exact) mass is 414 g/mol. The molecular weight excluding hydrogens is 383 g/mol. The topological polar surface area (TPSA) is 102 Å². The van der Waals surface area contributed by atoms with E-state index >= 15 is 0 Å². The van der Waals surface area contributed by atoms with Gasteiger partial charge in [0.1, 0.15) is 5.82 Å². The highest BCUT2D eigenvalue weighted by Gasteiger charge is 2.23. The molecule has 0 amide bonds. The summed E-state index contributed by atoms with van der Waals surface area (Å²) in [4.78, 5) is 10.5. The van der Waals surface area contributed by atoms with Crippen molar-refractivity contribution in [1.29, 1.82) is 0 Å². The maximum Gasteiger partial charge on any atom is 0.146 e. The van der Waals surface area contributed by atoms with Gasteiger partial charge in [-0.05, 0) is 55.3 Å². The summed E-state index contributed by atoms with van der Waals surface area (Å²) in [6, 6.07) is 6.90. The number of aliphatic imine (C=N–C) groups is 1. The minimum atomic E-state index is -0.424. The molecule has 1 aromatic carbocycles. The van der Waals surface area contributed by atoms with Gasteiger partial charge in [0, 0.05) is 44.5 Å². The molecule has 0 radical (unpaired) electrons. The molecule has 1 atom stereocenters. The average molecular weight is 415 g/mol. The van der Waals surface area contributed by atoms with E-state index in [-0.39, 0.29) is 11.7 Å². The molecule has 30 heavy (non-hydrogen) atoms. The molecule has 0 spiro atoms. The fourth-order valence-corrected chi connectivity index (χ4v) is 3.15. The maximum atomic E-state index is 14.0. The van der Waals surface area contributed by atoms with Gasteiger partial charge in [-0.25, -0.2) is 4.39 Å². The molecule has 7 nitrogen and oxygen atoms in total. The number of halogens is 1. The summed E-state index contributed by atoms with van der Waals surface area (Å²) in [6.07, 6.45) is 7.67. The van der Waals surface area contributed by atoms with Crippen molar-refractivity contribution in [2.45, 2.75) is 19.4 Å². The second-order valence-electron chi connectivity index (χ2n) is 6.88. The van der Waals surface area contributed by atoms with Crippen molar-refractivity contribution in [2.75, 3.05) is 44.5 Å². The van der Waals surface area contributed by atoms with Crippen LogP contribution >= 0.6 is 0 Å². The Kier molecular flexibility index (Phi) is 9.24. The lowest BCUT2D eigenvalue weighted by atomic mass is 9.96. The number of likely N-dealkylation sites (N-methyl/N-ethyl adjacent to an activating group) is 1. The molecule has 1 aromatic heterocycles. The maximum absolute atomic E-state index is 14.0. The number of anilines is 2. The Morgan fingerprint density at radius 3 is 2.67 bits per heavy atom. The number of nitrogens with zero attached hydrogens (tertiary/aromatic N) is 3. The Labute approximate surface area is 177 Å². The van der Waals surface area contributed by atoms with Gasteiger partial charge in [0.25, 0.3) is 0 Å². The van der Waals surface area contributed by atoms with Crippen molar-refractivity contribution >= 4 is 17.7 Å². The first-order chi connectivity index (χ1) is 14.5. The Bertz CT molecular complexity index is 829. The van der Waals surface area contributed by atoms with Crippen LogP contribution in [0, 0.1) is 12.7 Å². The van der Waals surface area contributed by atoms with E-state index in [9.17, 15) is 4.39 Å². The third kappa shape index (κ3) is 6.27. The largest absolute Gasteiger partial charge is 0.396 e. The second-order valence-corrected chi connectivity index (χ2v) is 6.88. The zero-order valence-corrected chi connectivity index (χ0v) is 17.8. The van der Waals surface area contributed by atoms with E-state index in [1.807, 2.05) is 25.2 Å². The lowest BCUT2D eigenvalue weighted by Crippen LogP contribution is -2.12. The number of aryl methyl sites for hydroxylation is 1. The standard InChI is InChI=1S/C18H20FN5.C4H11NO/c1-12-8-14(9-16(19)17(12)21)18(23-11-20)13-4-7-24(10-13)15-2-5-22-6-3-15;1-5-3-4-6-2/h2-3,5-6,8-11,18H,4,7,21H2,1H3,(H2,20,23);5H,3-4H2,1-2H3. The Balaban J connectivity index is 0.000000469. The number of pyridine rings is 1. The first-order valence-electron chi connectivity index (χ1n) is 9.81. The fourth-order valence-electron chi connectivity index (χ4n) is 3.15. The van der Waals surface area contributed by atoms with Crippen LogP contribution in [0.3, 0.4) is 0 Å². The minimum absolute atomic E-state index is 0.174. The van der Waals surface area contributed by atoms with Gasteiger partial charge >= 0.3 is 0 Å². The number of ether oxygens (including phenoxy) is 1. The Morgan fingerprint density at radius 2 is 2.10 bits per heavy atom. The summed E-state index contributed by atoms with van der Waals surface area (Å²) in [7, 11) is 3.59. The third-order valence-electron chi connectivity index (χ3n) is 4.77. The predicted molar refractivity (Wildman–Crippen MR) is 121 cm³/mol. The van der Waals surface area contributed by atoms with Crippen LogP contribution in [0.25, 0.3) is 0 Å². The minimum Gasteiger partial charge on any atom is -0.396 e. The molecule has 2 heterocycles. The summed E-state index contributed by atoms with van der Waals surface area (Å²) >= 11 is 0. The number of benzene rings is 1. The summed E-state index contributed by atoms with van der Waals surface area (Å²) in [6.45, 7) is 4.37. The molecule has 0 fully saturated rings. The third-order valence-corrected chi connectivity index (χ3v) is 4.77. The summed E-state index contributed by atoms with van der Waals surface area (Å²) in [5.74, 6) is -0.424. The van der Waals surface area contributed by atoms with Gasteiger partial charge < -0.3 is 26.4 Å². The van der Waals surface area contributed by atoms with Crippen molar-refractivity contribution < 1.29 is 9.13 Å². The zero-order valence-electron chi connectivity index (χ0n) is 17.8. The number of nitrogens with two attached hydrogens (primary N) is 2. The number of rotatable bonds is 7. The Morgan fingerprint density at radius 1 is 1.37 bits per heavy atom. The number of methoxy groups -OCH3 is 1. The van der Waals surface area contributed by atoms with Crippen molar-refractivity contribution in [3.63, 3.8) is 0 Å². The van der Waals surface area contributed by atoms with E-state index in [4.69, 9.17) is 16.2 Å².